The van der Waals surface area contributed by atoms with Gasteiger partial charge in [-0.15, -0.1) is 0 Å². The highest BCUT2D eigenvalue weighted by Crippen LogP contribution is 2.25. The fourth-order valence-electron chi connectivity index (χ4n) is 1.71. The van der Waals surface area contributed by atoms with Crippen LogP contribution < -0.4 is 0 Å². The van der Waals surface area contributed by atoms with Crippen molar-refractivity contribution in [3.63, 3.8) is 0 Å². The summed E-state index contributed by atoms with van der Waals surface area (Å²) in [6, 6.07) is 5.80. The zero-order valence-corrected chi connectivity index (χ0v) is 13.4. The van der Waals surface area contributed by atoms with Crippen LogP contribution in [0.3, 0.4) is 0 Å². The van der Waals surface area contributed by atoms with Gasteiger partial charge in [0.15, 0.2) is 0 Å². The van der Waals surface area contributed by atoms with Crippen molar-refractivity contribution < 1.29 is 17.9 Å². The molecule has 8 heteroatoms. The van der Waals surface area contributed by atoms with Crippen molar-refractivity contribution in [2.75, 3.05) is 20.7 Å². The third-order valence-corrected chi connectivity index (χ3v) is 5.19. The van der Waals surface area contributed by atoms with E-state index in [-0.39, 0.29) is 22.0 Å². The van der Waals surface area contributed by atoms with Gasteiger partial charge in [-0.1, -0.05) is 18.5 Å². The van der Waals surface area contributed by atoms with Crippen molar-refractivity contribution >= 4 is 27.6 Å². The summed E-state index contributed by atoms with van der Waals surface area (Å²) in [5, 5.41) is 8.72. The number of rotatable bonds is 5. The molecule has 1 unspecified atom stereocenters. The van der Waals surface area contributed by atoms with Crippen LogP contribution in [-0.2, 0) is 19.6 Å². The lowest BCUT2D eigenvalue weighted by Crippen LogP contribution is -2.34. The van der Waals surface area contributed by atoms with Gasteiger partial charge in [-0.2, -0.15) is 5.26 Å². The average Bonchev–Trinajstić information content (AvgIpc) is 2.45. The highest BCUT2D eigenvalue weighted by atomic mass is 35.5. The first kappa shape index (κ1) is 17.4. The lowest BCUT2D eigenvalue weighted by atomic mass is 10.2. The molecular formula is C13H15ClN2O4S. The SMILES string of the molecule is COC(=O)C(C)CN(C)S(=O)(=O)c1ccc(C#N)cc1Cl. The molecule has 1 rings (SSSR count). The van der Waals surface area contributed by atoms with E-state index >= 15 is 0 Å². The fraction of sp³-hybridized carbons (Fsp3) is 0.385. The first-order valence-corrected chi connectivity index (χ1v) is 7.79. The number of ether oxygens (including phenoxy) is 1. The normalized spacial score (nSPS) is 12.8. The predicted octanol–water partition coefficient (Wildman–Crippen LogP) is 1.64. The second-order valence-electron chi connectivity index (χ2n) is 4.47. The van der Waals surface area contributed by atoms with Crippen molar-refractivity contribution in [2.45, 2.75) is 11.8 Å². The Morgan fingerprint density at radius 2 is 2.14 bits per heavy atom. The molecular weight excluding hydrogens is 316 g/mol. The van der Waals surface area contributed by atoms with Gasteiger partial charge in [-0.25, -0.2) is 12.7 Å². The van der Waals surface area contributed by atoms with Gasteiger partial charge in [0.2, 0.25) is 10.0 Å². The van der Waals surface area contributed by atoms with Crippen molar-refractivity contribution in [2.24, 2.45) is 5.92 Å². The molecule has 0 aromatic heterocycles. The molecule has 0 saturated heterocycles. The van der Waals surface area contributed by atoms with E-state index in [1.165, 1.54) is 32.4 Å². The summed E-state index contributed by atoms with van der Waals surface area (Å²) in [7, 11) is -1.26. The minimum absolute atomic E-state index is 0.0355. The third kappa shape index (κ3) is 3.94. The Kier molecular flexibility index (Phi) is 5.72. The van der Waals surface area contributed by atoms with Crippen molar-refractivity contribution in [1.29, 1.82) is 5.26 Å². The molecule has 0 bridgehead atoms. The molecule has 6 nitrogen and oxygen atoms in total. The quantitative estimate of drug-likeness (QED) is 0.766. The molecule has 21 heavy (non-hydrogen) atoms. The first-order valence-electron chi connectivity index (χ1n) is 5.97. The summed E-state index contributed by atoms with van der Waals surface area (Å²) in [5.41, 5.74) is 0.268. The van der Waals surface area contributed by atoms with E-state index in [9.17, 15) is 13.2 Å². The van der Waals surface area contributed by atoms with Crippen LogP contribution >= 0.6 is 11.6 Å². The minimum atomic E-state index is -3.85. The van der Waals surface area contributed by atoms with Crippen molar-refractivity contribution in [3.05, 3.63) is 28.8 Å². The third-order valence-electron chi connectivity index (χ3n) is 2.88. The molecule has 0 saturated carbocycles. The van der Waals surface area contributed by atoms with Gasteiger partial charge in [0.25, 0.3) is 0 Å². The van der Waals surface area contributed by atoms with Gasteiger partial charge < -0.3 is 4.74 Å². The lowest BCUT2D eigenvalue weighted by Gasteiger charge is -2.20. The molecule has 1 atom stereocenters. The van der Waals surface area contributed by atoms with E-state index < -0.39 is 21.9 Å². The smallest absolute Gasteiger partial charge is 0.309 e. The lowest BCUT2D eigenvalue weighted by molar-refractivity contribution is -0.144. The van der Waals surface area contributed by atoms with Crippen LogP contribution in [0, 0.1) is 17.2 Å². The number of hydrogen-bond donors (Lipinski definition) is 0. The maximum absolute atomic E-state index is 12.4. The summed E-state index contributed by atoms with van der Waals surface area (Å²) in [4.78, 5) is 11.2. The maximum Gasteiger partial charge on any atom is 0.309 e. The molecule has 0 aliphatic heterocycles. The van der Waals surface area contributed by atoms with Gasteiger partial charge in [0.05, 0.1) is 29.7 Å². The number of sulfonamides is 1. The van der Waals surface area contributed by atoms with Crippen LogP contribution in [0.5, 0.6) is 0 Å². The van der Waals surface area contributed by atoms with Crippen LogP contribution in [0.4, 0.5) is 0 Å². The number of halogens is 1. The topological polar surface area (TPSA) is 87.5 Å². The molecule has 0 heterocycles. The number of esters is 1. The molecule has 0 fully saturated rings. The summed E-state index contributed by atoms with van der Waals surface area (Å²) >= 11 is 5.91. The van der Waals surface area contributed by atoms with Gasteiger partial charge in [0, 0.05) is 13.6 Å². The van der Waals surface area contributed by atoms with Gasteiger partial charge in [-0.3, -0.25) is 4.79 Å². The predicted molar refractivity (Wildman–Crippen MR) is 77.2 cm³/mol. The molecule has 0 amide bonds. The van der Waals surface area contributed by atoms with E-state index in [0.29, 0.717) is 0 Å². The van der Waals surface area contributed by atoms with E-state index in [0.717, 1.165) is 4.31 Å². The summed E-state index contributed by atoms with van der Waals surface area (Å²) in [5.74, 6) is -1.10. The van der Waals surface area contributed by atoms with E-state index in [1.54, 1.807) is 6.92 Å². The molecule has 0 aliphatic rings. The number of benzene rings is 1. The number of carbonyl (C=O) groups is 1. The summed E-state index contributed by atoms with van der Waals surface area (Å²) in [6.45, 7) is 1.53. The second-order valence-corrected chi connectivity index (χ2v) is 6.89. The number of methoxy groups -OCH3 is 1. The zero-order valence-electron chi connectivity index (χ0n) is 11.8. The number of carbonyl (C=O) groups excluding carboxylic acids is 1. The van der Waals surface area contributed by atoms with Crippen molar-refractivity contribution in [3.8, 4) is 6.07 Å². The summed E-state index contributed by atoms with van der Waals surface area (Å²) < 4.78 is 30.4. The summed E-state index contributed by atoms with van der Waals surface area (Å²) in [6.07, 6.45) is 0. The van der Waals surface area contributed by atoms with Gasteiger partial charge in [0.1, 0.15) is 4.90 Å². The fourth-order valence-corrected chi connectivity index (χ4v) is 3.48. The van der Waals surface area contributed by atoms with E-state index in [2.05, 4.69) is 4.74 Å². The number of hydrogen-bond acceptors (Lipinski definition) is 5. The Labute approximate surface area is 128 Å². The van der Waals surface area contributed by atoms with Crippen LogP contribution in [-0.4, -0.2) is 39.4 Å². The number of nitrogens with zero attached hydrogens (tertiary/aromatic N) is 2. The van der Waals surface area contributed by atoms with Crippen LogP contribution in [0.25, 0.3) is 0 Å². The van der Waals surface area contributed by atoms with Crippen LogP contribution in [0.2, 0.25) is 5.02 Å². The first-order chi connectivity index (χ1) is 9.73. The molecule has 0 radical (unpaired) electrons. The van der Waals surface area contributed by atoms with Crippen LogP contribution in [0.1, 0.15) is 12.5 Å². The standard InChI is InChI=1S/C13H15ClN2O4S/c1-9(13(17)20-3)8-16(2)21(18,19)12-5-4-10(7-15)6-11(12)14/h4-6,9H,8H2,1-3H3. The second kappa shape index (κ2) is 6.89. The minimum Gasteiger partial charge on any atom is -0.469 e. The molecule has 114 valence electrons. The van der Waals surface area contributed by atoms with Gasteiger partial charge >= 0.3 is 5.97 Å². The largest absolute Gasteiger partial charge is 0.469 e. The zero-order chi connectivity index (χ0) is 16.2. The van der Waals surface area contributed by atoms with Crippen LogP contribution in [0.15, 0.2) is 23.1 Å². The van der Waals surface area contributed by atoms with E-state index in [4.69, 9.17) is 16.9 Å². The molecule has 0 aliphatic carbocycles. The van der Waals surface area contributed by atoms with Crippen molar-refractivity contribution in [1.82, 2.24) is 4.31 Å². The Bertz CT molecular complexity index is 682. The highest BCUT2D eigenvalue weighted by molar-refractivity contribution is 7.89. The Morgan fingerprint density at radius 3 is 2.62 bits per heavy atom. The maximum atomic E-state index is 12.4. The number of nitriles is 1. The molecule has 0 N–H and O–H groups in total. The molecule has 1 aromatic carbocycles. The Hall–Kier alpha value is -1.62. The Morgan fingerprint density at radius 1 is 1.52 bits per heavy atom. The van der Waals surface area contributed by atoms with E-state index in [1.807, 2.05) is 6.07 Å². The molecule has 1 aromatic rings. The Balaban J connectivity index is 3.06. The average molecular weight is 331 g/mol. The molecule has 0 spiro atoms. The monoisotopic (exact) mass is 330 g/mol. The highest BCUT2D eigenvalue weighted by Gasteiger charge is 2.27. The van der Waals surface area contributed by atoms with Gasteiger partial charge in [-0.05, 0) is 18.2 Å².